The molecule has 0 radical (unpaired) electrons. The number of thioether (sulfide) groups is 1. The van der Waals surface area contributed by atoms with Crippen LogP contribution in [0.1, 0.15) is 21.7 Å². The molecule has 0 aliphatic carbocycles. The van der Waals surface area contributed by atoms with Crippen LogP contribution < -0.4 is 10.6 Å². The maximum Gasteiger partial charge on any atom is 0.272 e. The predicted octanol–water partition coefficient (Wildman–Crippen LogP) is 4.76. The molecule has 3 aromatic carbocycles. The van der Waals surface area contributed by atoms with Crippen molar-refractivity contribution in [1.29, 1.82) is 0 Å². The minimum absolute atomic E-state index is 0.0944. The fourth-order valence-corrected chi connectivity index (χ4v) is 4.51. The number of hydrogen-bond acceptors (Lipinski definition) is 7. The predicted molar refractivity (Wildman–Crippen MR) is 150 cm³/mol. The average molecular weight is 534 g/mol. The van der Waals surface area contributed by atoms with Gasteiger partial charge >= 0.3 is 0 Å². The van der Waals surface area contributed by atoms with Crippen molar-refractivity contribution in [2.24, 2.45) is 0 Å². The second-order valence-corrected chi connectivity index (χ2v) is 9.33. The van der Waals surface area contributed by atoms with Crippen LogP contribution in [-0.4, -0.2) is 37.0 Å². The Bertz CT molecular complexity index is 1590. The van der Waals surface area contributed by atoms with Crippen molar-refractivity contribution >= 4 is 35.3 Å². The van der Waals surface area contributed by atoms with E-state index in [4.69, 9.17) is 0 Å². The SMILES string of the molecule is O=C(Nc1cccc(SCc2nnnn2-c2ccccc2)c1)/C(=C\c1cccnc1)NC(=O)c1ccccc1. The number of anilines is 1. The van der Waals surface area contributed by atoms with Gasteiger partial charge in [0.15, 0.2) is 5.82 Å². The molecule has 2 amide bonds. The monoisotopic (exact) mass is 533 g/mol. The molecule has 2 heterocycles. The van der Waals surface area contributed by atoms with E-state index in [9.17, 15) is 9.59 Å². The first-order chi connectivity index (χ1) is 19.2. The lowest BCUT2D eigenvalue weighted by Gasteiger charge is -2.12. The zero-order chi connectivity index (χ0) is 26.9. The van der Waals surface area contributed by atoms with Gasteiger partial charge < -0.3 is 10.6 Å². The molecule has 0 spiro atoms. The van der Waals surface area contributed by atoms with Crippen LogP contribution in [0.4, 0.5) is 5.69 Å². The maximum absolute atomic E-state index is 13.3. The summed E-state index contributed by atoms with van der Waals surface area (Å²) in [6.45, 7) is 0. The number of pyridine rings is 1. The summed E-state index contributed by atoms with van der Waals surface area (Å²) in [6, 6.07) is 29.4. The molecule has 2 N–H and O–H groups in total. The van der Waals surface area contributed by atoms with E-state index in [1.807, 2.05) is 54.6 Å². The quantitative estimate of drug-likeness (QED) is 0.207. The Balaban J connectivity index is 1.30. The van der Waals surface area contributed by atoms with E-state index in [0.717, 1.165) is 10.6 Å². The third-order valence-electron chi connectivity index (χ3n) is 5.52. The van der Waals surface area contributed by atoms with Gasteiger partial charge in [-0.25, -0.2) is 0 Å². The number of aromatic nitrogens is 5. The third-order valence-corrected chi connectivity index (χ3v) is 6.51. The Labute approximate surface area is 229 Å². The van der Waals surface area contributed by atoms with Gasteiger partial charge in [-0.15, -0.1) is 16.9 Å². The average Bonchev–Trinajstić information content (AvgIpc) is 3.46. The van der Waals surface area contributed by atoms with Crippen LogP contribution in [0.3, 0.4) is 0 Å². The summed E-state index contributed by atoms with van der Waals surface area (Å²) in [4.78, 5) is 31.1. The second kappa shape index (κ2) is 12.4. The summed E-state index contributed by atoms with van der Waals surface area (Å²) in [5.74, 6) is 0.379. The largest absolute Gasteiger partial charge is 0.321 e. The first kappa shape index (κ1) is 25.6. The molecule has 9 nitrogen and oxygen atoms in total. The first-order valence-electron chi connectivity index (χ1n) is 12.0. The number of carbonyl (C=O) groups is 2. The first-order valence-corrected chi connectivity index (χ1v) is 13.0. The van der Waals surface area contributed by atoms with E-state index in [1.165, 1.54) is 11.8 Å². The lowest BCUT2D eigenvalue weighted by Crippen LogP contribution is -2.30. The highest BCUT2D eigenvalue weighted by Gasteiger charge is 2.16. The summed E-state index contributed by atoms with van der Waals surface area (Å²) < 4.78 is 1.70. The molecular formula is C29H23N7O2S. The normalized spacial score (nSPS) is 11.1. The highest BCUT2D eigenvalue weighted by atomic mass is 32.2. The van der Waals surface area contributed by atoms with Gasteiger partial charge in [0.1, 0.15) is 5.70 Å². The van der Waals surface area contributed by atoms with Crippen LogP contribution >= 0.6 is 11.8 Å². The molecule has 2 aromatic heterocycles. The van der Waals surface area contributed by atoms with Gasteiger partial charge in [0.05, 0.1) is 11.4 Å². The molecule has 0 fully saturated rings. The summed E-state index contributed by atoms with van der Waals surface area (Å²) in [5, 5.41) is 17.7. The van der Waals surface area contributed by atoms with Crippen molar-refractivity contribution in [3.05, 3.63) is 132 Å². The van der Waals surface area contributed by atoms with Gasteiger partial charge in [-0.05, 0) is 70.6 Å². The Morgan fingerprint density at radius 1 is 0.897 bits per heavy atom. The number of rotatable bonds is 9. The zero-order valence-corrected chi connectivity index (χ0v) is 21.5. The molecule has 0 bridgehead atoms. The van der Waals surface area contributed by atoms with Crippen LogP contribution in [0.25, 0.3) is 11.8 Å². The van der Waals surface area contributed by atoms with Crippen LogP contribution in [-0.2, 0) is 10.5 Å². The number of benzene rings is 3. The van der Waals surface area contributed by atoms with E-state index < -0.39 is 5.91 Å². The number of para-hydroxylation sites is 1. The number of amides is 2. The molecule has 0 saturated carbocycles. The van der Waals surface area contributed by atoms with Gasteiger partial charge in [-0.1, -0.05) is 48.5 Å². The molecule has 192 valence electrons. The number of carbonyl (C=O) groups excluding carboxylic acids is 2. The lowest BCUT2D eigenvalue weighted by atomic mass is 10.2. The van der Waals surface area contributed by atoms with Crippen molar-refractivity contribution in [2.45, 2.75) is 10.6 Å². The van der Waals surface area contributed by atoms with Gasteiger partial charge in [0.25, 0.3) is 11.8 Å². The van der Waals surface area contributed by atoms with Gasteiger partial charge in [-0.3, -0.25) is 14.6 Å². The molecule has 5 rings (SSSR count). The van der Waals surface area contributed by atoms with Crippen LogP contribution in [0.15, 0.2) is 120 Å². The van der Waals surface area contributed by atoms with Crippen molar-refractivity contribution in [1.82, 2.24) is 30.5 Å². The van der Waals surface area contributed by atoms with Crippen molar-refractivity contribution < 1.29 is 9.59 Å². The highest BCUT2D eigenvalue weighted by molar-refractivity contribution is 7.98. The molecule has 10 heteroatoms. The molecule has 0 aliphatic rings. The van der Waals surface area contributed by atoms with Crippen LogP contribution in [0, 0.1) is 0 Å². The van der Waals surface area contributed by atoms with Crippen molar-refractivity contribution in [3.8, 4) is 5.69 Å². The van der Waals surface area contributed by atoms with Gasteiger partial charge in [-0.2, -0.15) is 4.68 Å². The lowest BCUT2D eigenvalue weighted by molar-refractivity contribution is -0.113. The number of nitrogens with one attached hydrogen (secondary N) is 2. The van der Waals surface area contributed by atoms with E-state index in [0.29, 0.717) is 28.4 Å². The second-order valence-electron chi connectivity index (χ2n) is 8.28. The van der Waals surface area contributed by atoms with Crippen LogP contribution in [0.5, 0.6) is 0 Å². The van der Waals surface area contributed by atoms with E-state index in [2.05, 4.69) is 31.1 Å². The Morgan fingerprint density at radius 2 is 1.69 bits per heavy atom. The molecule has 0 saturated heterocycles. The molecule has 5 aromatic rings. The van der Waals surface area contributed by atoms with E-state index >= 15 is 0 Å². The molecule has 0 aliphatic heterocycles. The van der Waals surface area contributed by atoms with Crippen LogP contribution in [0.2, 0.25) is 0 Å². The number of hydrogen-bond donors (Lipinski definition) is 2. The van der Waals surface area contributed by atoms with Gasteiger partial charge in [0, 0.05) is 28.5 Å². The minimum Gasteiger partial charge on any atom is -0.321 e. The number of tetrazole rings is 1. The fourth-order valence-electron chi connectivity index (χ4n) is 3.65. The topological polar surface area (TPSA) is 115 Å². The third kappa shape index (κ3) is 6.82. The molecule has 39 heavy (non-hydrogen) atoms. The molecule has 0 atom stereocenters. The zero-order valence-electron chi connectivity index (χ0n) is 20.6. The van der Waals surface area contributed by atoms with Gasteiger partial charge in [0.2, 0.25) is 0 Å². The summed E-state index contributed by atoms with van der Waals surface area (Å²) in [7, 11) is 0. The fraction of sp³-hybridized carbons (Fsp3) is 0.0345. The maximum atomic E-state index is 13.3. The highest BCUT2D eigenvalue weighted by Crippen LogP contribution is 2.25. The molecule has 0 unspecified atom stereocenters. The smallest absolute Gasteiger partial charge is 0.272 e. The summed E-state index contributed by atoms with van der Waals surface area (Å²) >= 11 is 1.54. The minimum atomic E-state index is -0.460. The van der Waals surface area contributed by atoms with E-state index in [-0.39, 0.29) is 11.6 Å². The van der Waals surface area contributed by atoms with Crippen molar-refractivity contribution in [3.63, 3.8) is 0 Å². The standard InChI is InChI=1S/C29H23N7O2S/c37-28(22-10-3-1-4-11-22)32-26(17-21-9-8-16-30-19-21)29(38)31-23-12-7-15-25(18-23)39-20-27-33-34-35-36(27)24-13-5-2-6-14-24/h1-19H,20H2,(H,31,38)(H,32,37)/b26-17+. The number of nitrogens with zero attached hydrogens (tertiary/aromatic N) is 5. The Hall–Kier alpha value is -5.09. The van der Waals surface area contributed by atoms with E-state index in [1.54, 1.807) is 65.6 Å². The summed E-state index contributed by atoms with van der Waals surface area (Å²) in [5.41, 5.74) is 2.68. The van der Waals surface area contributed by atoms with Crippen molar-refractivity contribution in [2.75, 3.05) is 5.32 Å². The molecular weight excluding hydrogens is 510 g/mol. The summed E-state index contributed by atoms with van der Waals surface area (Å²) in [6.07, 6.45) is 4.84. The Kier molecular flexibility index (Phi) is 8.15. The Morgan fingerprint density at radius 3 is 2.46 bits per heavy atom.